The normalized spacial score (nSPS) is 20.7. The van der Waals surface area contributed by atoms with Gasteiger partial charge >= 0.3 is 5.97 Å². The van der Waals surface area contributed by atoms with Crippen LogP contribution in [0.4, 0.5) is 0 Å². The standard InChI is InChI=1S/C27H33N3O3/c31-26(22-17-30(18-22)25(27(32)33)21-7-2-1-3-8-21)29-14-12-19(13-15-29)16-23-11-10-20-6-4-5-9-24(20)28-23/h1-3,7-8,10-11,19,22,25H,4-6,9,12-18H2,(H,32,33). The van der Waals surface area contributed by atoms with E-state index in [0.717, 1.165) is 44.3 Å². The number of aromatic nitrogens is 1. The van der Waals surface area contributed by atoms with Crippen molar-refractivity contribution in [2.75, 3.05) is 26.2 Å². The van der Waals surface area contributed by atoms with Crippen molar-refractivity contribution in [2.45, 2.75) is 51.0 Å². The van der Waals surface area contributed by atoms with Gasteiger partial charge in [0.1, 0.15) is 6.04 Å². The number of fused-ring (bicyclic) bond motifs is 1. The fourth-order valence-corrected chi connectivity index (χ4v) is 5.68. The third kappa shape index (κ3) is 4.81. The Morgan fingerprint density at radius 2 is 1.73 bits per heavy atom. The minimum Gasteiger partial charge on any atom is -0.480 e. The third-order valence-electron chi connectivity index (χ3n) is 7.63. The van der Waals surface area contributed by atoms with E-state index in [9.17, 15) is 14.7 Å². The summed E-state index contributed by atoms with van der Waals surface area (Å²) in [5, 5.41) is 9.71. The van der Waals surface area contributed by atoms with Crippen molar-refractivity contribution in [3.8, 4) is 0 Å². The first-order chi connectivity index (χ1) is 16.1. The van der Waals surface area contributed by atoms with E-state index in [0.29, 0.717) is 19.0 Å². The Balaban J connectivity index is 1.11. The van der Waals surface area contributed by atoms with E-state index < -0.39 is 12.0 Å². The highest BCUT2D eigenvalue weighted by Crippen LogP contribution is 2.31. The van der Waals surface area contributed by atoms with Gasteiger partial charge in [0.15, 0.2) is 0 Å². The van der Waals surface area contributed by atoms with E-state index in [1.807, 2.05) is 40.1 Å². The van der Waals surface area contributed by atoms with Gasteiger partial charge in [-0.2, -0.15) is 0 Å². The molecule has 174 valence electrons. The molecule has 6 heteroatoms. The van der Waals surface area contributed by atoms with Crippen molar-refractivity contribution >= 4 is 11.9 Å². The van der Waals surface area contributed by atoms with Gasteiger partial charge in [0, 0.05) is 37.6 Å². The maximum Gasteiger partial charge on any atom is 0.325 e. The van der Waals surface area contributed by atoms with E-state index in [-0.39, 0.29) is 11.8 Å². The molecule has 6 nitrogen and oxygen atoms in total. The van der Waals surface area contributed by atoms with Gasteiger partial charge in [-0.1, -0.05) is 36.4 Å². The van der Waals surface area contributed by atoms with Crippen molar-refractivity contribution in [2.24, 2.45) is 11.8 Å². The maximum atomic E-state index is 13.0. The monoisotopic (exact) mass is 447 g/mol. The second-order valence-corrected chi connectivity index (χ2v) is 9.89. The fourth-order valence-electron chi connectivity index (χ4n) is 5.68. The molecule has 2 aromatic rings. The van der Waals surface area contributed by atoms with Crippen molar-refractivity contribution in [1.82, 2.24) is 14.8 Å². The van der Waals surface area contributed by atoms with Crippen LogP contribution < -0.4 is 0 Å². The smallest absolute Gasteiger partial charge is 0.325 e. The second-order valence-electron chi connectivity index (χ2n) is 9.89. The molecule has 33 heavy (non-hydrogen) atoms. The molecular weight excluding hydrogens is 414 g/mol. The number of rotatable bonds is 6. The van der Waals surface area contributed by atoms with Crippen LogP contribution in [0.5, 0.6) is 0 Å². The van der Waals surface area contributed by atoms with E-state index in [1.54, 1.807) is 0 Å². The van der Waals surface area contributed by atoms with Crippen LogP contribution in [0.15, 0.2) is 42.5 Å². The topological polar surface area (TPSA) is 73.7 Å². The minimum atomic E-state index is -0.858. The predicted octanol–water partition coefficient (Wildman–Crippen LogP) is 3.50. The van der Waals surface area contributed by atoms with Crippen LogP contribution in [0.25, 0.3) is 0 Å². The molecule has 1 unspecified atom stereocenters. The molecule has 1 atom stereocenters. The number of benzene rings is 1. The predicted molar refractivity (Wildman–Crippen MR) is 126 cm³/mol. The number of carboxylic acids is 1. The minimum absolute atomic E-state index is 0.0885. The van der Waals surface area contributed by atoms with Gasteiger partial charge in [0.2, 0.25) is 5.91 Å². The molecule has 5 rings (SSSR count). The van der Waals surface area contributed by atoms with E-state index in [2.05, 4.69) is 12.1 Å². The highest BCUT2D eigenvalue weighted by atomic mass is 16.4. The van der Waals surface area contributed by atoms with Crippen LogP contribution in [0.1, 0.15) is 54.2 Å². The summed E-state index contributed by atoms with van der Waals surface area (Å²) < 4.78 is 0. The molecule has 0 saturated carbocycles. The number of amides is 1. The Morgan fingerprint density at radius 3 is 2.45 bits per heavy atom. The number of hydrogen-bond donors (Lipinski definition) is 1. The molecule has 2 fully saturated rings. The lowest BCUT2D eigenvalue weighted by molar-refractivity contribution is -0.153. The van der Waals surface area contributed by atoms with Crippen molar-refractivity contribution in [3.05, 3.63) is 65.0 Å². The van der Waals surface area contributed by atoms with Crippen LogP contribution in [0.2, 0.25) is 0 Å². The number of aliphatic carboxylic acids is 1. The van der Waals surface area contributed by atoms with Crippen molar-refractivity contribution in [1.29, 1.82) is 0 Å². The average Bonchev–Trinajstić information content (AvgIpc) is 2.81. The number of likely N-dealkylation sites (tertiary alicyclic amines) is 2. The second kappa shape index (κ2) is 9.64. The van der Waals surface area contributed by atoms with Gasteiger partial charge in [-0.05, 0) is 68.1 Å². The van der Waals surface area contributed by atoms with Crippen LogP contribution >= 0.6 is 0 Å². The highest BCUT2D eigenvalue weighted by molar-refractivity contribution is 5.81. The van der Waals surface area contributed by atoms with E-state index in [1.165, 1.54) is 36.2 Å². The van der Waals surface area contributed by atoms with Crippen molar-refractivity contribution < 1.29 is 14.7 Å². The Bertz CT molecular complexity index is 995. The van der Waals surface area contributed by atoms with E-state index >= 15 is 0 Å². The molecule has 0 spiro atoms. The summed E-state index contributed by atoms with van der Waals surface area (Å²) in [6.45, 7) is 2.63. The van der Waals surface area contributed by atoms with Crippen LogP contribution in [0.3, 0.4) is 0 Å². The lowest BCUT2D eigenvalue weighted by Crippen LogP contribution is -2.57. The Labute approximate surface area is 195 Å². The number of carbonyl (C=O) groups is 2. The van der Waals surface area contributed by atoms with E-state index in [4.69, 9.17) is 4.98 Å². The van der Waals surface area contributed by atoms with Crippen LogP contribution in [-0.4, -0.2) is 57.9 Å². The largest absolute Gasteiger partial charge is 0.480 e. The van der Waals surface area contributed by atoms with Crippen LogP contribution in [0, 0.1) is 11.8 Å². The summed E-state index contributed by atoms with van der Waals surface area (Å²) in [5.74, 6) is -0.178. The molecule has 1 aromatic heterocycles. The molecule has 1 aliphatic carbocycles. The molecule has 2 aliphatic heterocycles. The summed E-state index contributed by atoms with van der Waals surface area (Å²) >= 11 is 0. The number of piperidine rings is 1. The molecule has 1 amide bonds. The van der Waals surface area contributed by atoms with Gasteiger partial charge in [0.25, 0.3) is 0 Å². The summed E-state index contributed by atoms with van der Waals surface area (Å²) in [7, 11) is 0. The van der Waals surface area contributed by atoms with Gasteiger partial charge in [-0.3, -0.25) is 19.5 Å². The number of hydrogen-bond acceptors (Lipinski definition) is 4. The number of pyridine rings is 1. The number of carbonyl (C=O) groups excluding carboxylic acids is 1. The summed E-state index contributed by atoms with van der Waals surface area (Å²) in [6.07, 6.45) is 7.85. The molecule has 2 saturated heterocycles. The molecule has 3 heterocycles. The van der Waals surface area contributed by atoms with Gasteiger partial charge in [-0.15, -0.1) is 0 Å². The van der Waals surface area contributed by atoms with Gasteiger partial charge in [-0.25, -0.2) is 0 Å². The van der Waals surface area contributed by atoms with Crippen LogP contribution in [-0.2, 0) is 28.9 Å². The summed E-state index contributed by atoms with van der Waals surface area (Å²) in [4.78, 5) is 33.7. The maximum absolute atomic E-state index is 13.0. The quantitative estimate of drug-likeness (QED) is 0.734. The van der Waals surface area contributed by atoms with Crippen molar-refractivity contribution in [3.63, 3.8) is 0 Å². The zero-order valence-electron chi connectivity index (χ0n) is 19.2. The lowest BCUT2D eigenvalue weighted by Gasteiger charge is -2.44. The third-order valence-corrected chi connectivity index (χ3v) is 7.63. The highest BCUT2D eigenvalue weighted by Gasteiger charge is 2.42. The first kappa shape index (κ1) is 22.1. The van der Waals surface area contributed by atoms with Gasteiger partial charge in [0.05, 0.1) is 5.92 Å². The molecule has 1 aromatic carbocycles. The zero-order chi connectivity index (χ0) is 22.8. The Morgan fingerprint density at radius 1 is 1.00 bits per heavy atom. The summed E-state index contributed by atoms with van der Waals surface area (Å²) in [6, 6.07) is 13.1. The number of nitrogens with zero attached hydrogens (tertiary/aromatic N) is 3. The van der Waals surface area contributed by atoms with Gasteiger partial charge < -0.3 is 10.0 Å². The molecule has 1 N–H and O–H groups in total. The molecule has 0 bridgehead atoms. The molecule has 3 aliphatic rings. The Hall–Kier alpha value is -2.73. The first-order valence-electron chi connectivity index (χ1n) is 12.4. The summed E-state index contributed by atoms with van der Waals surface area (Å²) in [5.41, 5.74) is 4.71. The fraction of sp³-hybridized carbons (Fsp3) is 0.519. The first-order valence-corrected chi connectivity index (χ1v) is 12.4. The zero-order valence-corrected chi connectivity index (χ0v) is 19.2. The molecule has 0 radical (unpaired) electrons. The Kier molecular flexibility index (Phi) is 6.45. The average molecular weight is 448 g/mol. The lowest BCUT2D eigenvalue weighted by atomic mass is 9.88. The molecular formula is C27H33N3O3. The number of aryl methyl sites for hydroxylation is 2. The number of carboxylic acid groups (broad SMARTS) is 1. The SMILES string of the molecule is O=C(O)C(c1ccccc1)N1CC(C(=O)N2CCC(Cc3ccc4c(n3)CCCC4)CC2)C1.